The van der Waals surface area contributed by atoms with Crippen LogP contribution < -0.4 is 5.32 Å². The maximum Gasteiger partial charge on any atom is 0.356 e. The van der Waals surface area contributed by atoms with Gasteiger partial charge >= 0.3 is 11.9 Å². The van der Waals surface area contributed by atoms with Gasteiger partial charge in [0.25, 0.3) is 5.91 Å². The summed E-state index contributed by atoms with van der Waals surface area (Å²) in [6.07, 6.45) is -0.732. The predicted octanol–water partition coefficient (Wildman–Crippen LogP) is 2.79. The molecule has 1 N–H and O–H groups in total. The van der Waals surface area contributed by atoms with Gasteiger partial charge in [-0.2, -0.15) is 5.26 Å². The van der Waals surface area contributed by atoms with Crippen molar-refractivity contribution >= 4 is 47.3 Å². The van der Waals surface area contributed by atoms with E-state index in [0.717, 1.165) is 22.9 Å². The van der Waals surface area contributed by atoms with Gasteiger partial charge in [-0.05, 0) is 11.1 Å². The first-order valence-corrected chi connectivity index (χ1v) is 14.0. The molecule has 0 unspecified atom stereocenters. The summed E-state index contributed by atoms with van der Waals surface area (Å²) in [7, 11) is 0. The molecule has 11 heteroatoms. The van der Waals surface area contributed by atoms with Crippen LogP contribution in [-0.4, -0.2) is 63.9 Å². The number of amides is 2. The predicted molar refractivity (Wildman–Crippen MR) is 142 cm³/mol. The Morgan fingerprint density at radius 1 is 1.13 bits per heavy atom. The van der Waals surface area contributed by atoms with Crippen molar-refractivity contribution in [3.63, 3.8) is 0 Å². The Hall–Kier alpha value is -3.75. The highest BCUT2D eigenvalue weighted by Crippen LogP contribution is 2.41. The number of fused-ring (bicyclic) bond motifs is 1. The third-order valence-corrected chi connectivity index (χ3v) is 7.98. The molecular formula is C27H25N3O6S2. The average Bonchev–Trinajstić information content (AvgIpc) is 2.93. The number of nitrogens with one attached hydrogen (secondary N) is 1. The van der Waals surface area contributed by atoms with Gasteiger partial charge in [0.1, 0.15) is 23.7 Å². The van der Waals surface area contributed by atoms with Crippen LogP contribution in [0.15, 0.2) is 71.9 Å². The lowest BCUT2D eigenvalue weighted by Crippen LogP contribution is -2.70. The molecule has 196 valence electrons. The summed E-state index contributed by atoms with van der Waals surface area (Å²) in [6.45, 7) is 1.11. The molecule has 0 spiro atoms. The Balaban J connectivity index is 1.59. The van der Waals surface area contributed by atoms with Crippen LogP contribution in [0.5, 0.6) is 0 Å². The summed E-state index contributed by atoms with van der Waals surface area (Å²) in [5.41, 5.74) is 1.99. The number of thioether (sulfide) groups is 2. The van der Waals surface area contributed by atoms with E-state index in [0.29, 0.717) is 11.3 Å². The van der Waals surface area contributed by atoms with Gasteiger partial charge in [-0.25, -0.2) is 4.79 Å². The average molecular weight is 552 g/mol. The maximum absolute atomic E-state index is 13.7. The zero-order valence-corrected chi connectivity index (χ0v) is 22.1. The van der Waals surface area contributed by atoms with Crippen LogP contribution in [-0.2, 0) is 28.7 Å². The van der Waals surface area contributed by atoms with Gasteiger partial charge < -0.3 is 14.8 Å². The molecule has 1 fully saturated rings. The highest BCUT2D eigenvalue weighted by atomic mass is 32.2. The molecule has 2 aromatic rings. The Morgan fingerprint density at radius 3 is 2.34 bits per heavy atom. The number of esters is 2. The molecule has 0 aromatic heterocycles. The first-order chi connectivity index (χ1) is 18.4. The minimum atomic E-state index is -0.813. The van der Waals surface area contributed by atoms with E-state index in [4.69, 9.17) is 14.7 Å². The summed E-state index contributed by atoms with van der Waals surface area (Å²) in [5.74, 6) is -1.54. The topological polar surface area (TPSA) is 126 Å². The molecule has 2 aliphatic rings. The highest BCUT2D eigenvalue weighted by molar-refractivity contribution is 8.00. The van der Waals surface area contributed by atoms with Crippen molar-refractivity contribution in [2.45, 2.75) is 24.4 Å². The minimum absolute atomic E-state index is 0.0289. The van der Waals surface area contributed by atoms with Crippen LogP contribution in [0.1, 0.15) is 24.2 Å². The summed E-state index contributed by atoms with van der Waals surface area (Å²) in [5, 5.41) is 10.8. The fraction of sp³-hybridized carbons (Fsp3) is 0.296. The van der Waals surface area contributed by atoms with Gasteiger partial charge in [0.05, 0.1) is 17.6 Å². The van der Waals surface area contributed by atoms with E-state index >= 15 is 0 Å². The molecule has 2 amide bonds. The van der Waals surface area contributed by atoms with E-state index < -0.39 is 35.4 Å². The molecular weight excluding hydrogens is 526 g/mol. The molecule has 2 heterocycles. The fourth-order valence-corrected chi connectivity index (χ4v) is 5.91. The highest BCUT2D eigenvalue weighted by Gasteiger charge is 2.54. The Labute approximate surface area is 228 Å². The van der Waals surface area contributed by atoms with E-state index in [-0.39, 0.29) is 29.7 Å². The number of carbonyl (C=O) groups excluding carboxylic acids is 4. The molecule has 2 aliphatic heterocycles. The summed E-state index contributed by atoms with van der Waals surface area (Å²) < 4.78 is 11.2. The van der Waals surface area contributed by atoms with E-state index in [2.05, 4.69) is 5.32 Å². The van der Waals surface area contributed by atoms with Crippen molar-refractivity contribution in [3.8, 4) is 6.07 Å². The maximum atomic E-state index is 13.7. The van der Waals surface area contributed by atoms with Crippen LogP contribution in [0.2, 0.25) is 0 Å². The van der Waals surface area contributed by atoms with Crippen LogP contribution in [0, 0.1) is 11.3 Å². The van der Waals surface area contributed by atoms with E-state index in [1.54, 1.807) is 0 Å². The Morgan fingerprint density at radius 2 is 1.76 bits per heavy atom. The quantitative estimate of drug-likeness (QED) is 0.269. The first-order valence-electron chi connectivity index (χ1n) is 11.8. The smallest absolute Gasteiger partial charge is 0.356 e. The lowest BCUT2D eigenvalue weighted by molar-refractivity contribution is -0.154. The van der Waals surface area contributed by atoms with Gasteiger partial charge in [-0.1, -0.05) is 60.7 Å². The third kappa shape index (κ3) is 6.20. The molecule has 0 bridgehead atoms. The molecule has 4 rings (SSSR count). The first kappa shape index (κ1) is 27.3. The molecule has 1 saturated heterocycles. The molecule has 9 nitrogen and oxygen atoms in total. The van der Waals surface area contributed by atoms with Crippen molar-refractivity contribution in [3.05, 3.63) is 83.1 Å². The van der Waals surface area contributed by atoms with Gasteiger partial charge in [0.15, 0.2) is 6.10 Å². The molecule has 0 radical (unpaired) electrons. The minimum Gasteiger partial charge on any atom is -0.461 e. The largest absolute Gasteiger partial charge is 0.461 e. The summed E-state index contributed by atoms with van der Waals surface area (Å²) in [4.78, 5) is 52.0. The summed E-state index contributed by atoms with van der Waals surface area (Å²) in [6, 6.07) is 19.7. The fourth-order valence-electron chi connectivity index (χ4n) is 4.12. The number of ether oxygens (including phenoxy) is 2. The van der Waals surface area contributed by atoms with E-state index in [9.17, 15) is 19.2 Å². The number of hydrogen-bond acceptors (Lipinski definition) is 9. The second-order valence-electron chi connectivity index (χ2n) is 8.45. The third-order valence-electron chi connectivity index (χ3n) is 5.84. The van der Waals surface area contributed by atoms with Crippen molar-refractivity contribution in [1.82, 2.24) is 10.2 Å². The van der Waals surface area contributed by atoms with Crippen LogP contribution >= 0.6 is 23.5 Å². The van der Waals surface area contributed by atoms with Gasteiger partial charge in [0.2, 0.25) is 5.91 Å². The molecule has 2 aromatic carbocycles. The van der Waals surface area contributed by atoms with Gasteiger partial charge in [-0.15, -0.1) is 23.5 Å². The monoisotopic (exact) mass is 551 g/mol. The molecule has 0 saturated carbocycles. The summed E-state index contributed by atoms with van der Waals surface area (Å²) >= 11 is 2.51. The van der Waals surface area contributed by atoms with Crippen molar-refractivity contribution in [2.75, 3.05) is 23.9 Å². The van der Waals surface area contributed by atoms with E-state index in [1.165, 1.54) is 23.6 Å². The molecule has 38 heavy (non-hydrogen) atoms. The van der Waals surface area contributed by atoms with Gasteiger partial charge in [0, 0.05) is 18.2 Å². The number of nitrogens with zero attached hydrogens (tertiary/aromatic N) is 2. The number of rotatable bonds is 10. The zero-order chi connectivity index (χ0) is 27.1. The molecule has 2 atom stereocenters. The lowest BCUT2D eigenvalue weighted by Gasteiger charge is -2.49. The second kappa shape index (κ2) is 12.7. The standard InChI is InChI=1S/C27H25N3O6S2/c1-17(31)35-14-20-15-38-26-22(29-21(32)16-37-13-12-28)25(33)30(26)23(20)27(34)36-24(18-8-4-2-5-9-18)19-10-6-3-7-11-19/h2-11,22,24,26H,13-16H2,1H3,(H,29,32)/t22-,26-/m1/s1. The van der Waals surface area contributed by atoms with Crippen LogP contribution in [0.25, 0.3) is 0 Å². The number of nitriles is 1. The lowest BCUT2D eigenvalue weighted by atomic mass is 10.0. The van der Waals surface area contributed by atoms with Gasteiger partial charge in [-0.3, -0.25) is 19.3 Å². The molecule has 0 aliphatic carbocycles. The van der Waals surface area contributed by atoms with Crippen LogP contribution in [0.4, 0.5) is 0 Å². The van der Waals surface area contributed by atoms with Crippen LogP contribution in [0.3, 0.4) is 0 Å². The Bertz CT molecular complexity index is 1240. The normalized spacial score (nSPS) is 18.2. The number of β-lactam (4-membered cyclic amide) rings is 1. The van der Waals surface area contributed by atoms with E-state index in [1.807, 2.05) is 66.7 Å². The van der Waals surface area contributed by atoms with Crippen molar-refractivity contribution in [2.24, 2.45) is 0 Å². The zero-order valence-electron chi connectivity index (χ0n) is 20.5. The number of hydrogen-bond donors (Lipinski definition) is 1. The van der Waals surface area contributed by atoms with Crippen molar-refractivity contribution < 1.29 is 28.7 Å². The van der Waals surface area contributed by atoms with Crippen molar-refractivity contribution in [1.29, 1.82) is 5.26 Å². The second-order valence-corrected chi connectivity index (χ2v) is 10.5. The SMILES string of the molecule is CC(=O)OCC1=C(C(=O)OC(c2ccccc2)c2ccccc2)N2C(=O)[C@@H](NC(=O)CSCC#N)[C@H]2SC1. The number of benzene rings is 2. The Kier molecular flexibility index (Phi) is 9.10. The number of carbonyl (C=O) groups is 4.